The van der Waals surface area contributed by atoms with Crippen LogP contribution in [0.4, 0.5) is 9.80 Å². The van der Waals surface area contributed by atoms with Gasteiger partial charge in [-0.2, -0.15) is 4.37 Å². The average molecular weight is 413 g/mol. The van der Waals surface area contributed by atoms with Crippen molar-refractivity contribution in [1.29, 1.82) is 0 Å². The summed E-state index contributed by atoms with van der Waals surface area (Å²) in [5.74, 6) is -1.63. The van der Waals surface area contributed by atoms with E-state index in [1.165, 1.54) is 0 Å². The summed E-state index contributed by atoms with van der Waals surface area (Å²) in [5, 5.41) is 11.6. The van der Waals surface area contributed by atoms with Gasteiger partial charge < -0.3 is 14.6 Å². The van der Waals surface area contributed by atoms with Gasteiger partial charge in [0.15, 0.2) is 5.82 Å². The fourth-order valence-electron chi connectivity index (χ4n) is 2.06. The maximum atomic E-state index is 12.4. The molecular formula is C16H19N3O6S2. The number of carboxylic acids is 1. The average Bonchev–Trinajstić information content (AvgIpc) is 3.10. The van der Waals surface area contributed by atoms with Crippen molar-refractivity contribution in [3.63, 3.8) is 0 Å². The highest BCUT2D eigenvalue weighted by atomic mass is 32.1. The molecule has 0 aliphatic carbocycles. The first kappa shape index (κ1) is 20.8. The van der Waals surface area contributed by atoms with Gasteiger partial charge in [-0.3, -0.25) is 5.32 Å². The van der Waals surface area contributed by atoms with Gasteiger partial charge in [0.1, 0.15) is 10.6 Å². The topological polar surface area (TPSA) is 128 Å². The Labute approximate surface area is 163 Å². The molecule has 0 bridgehead atoms. The van der Waals surface area contributed by atoms with E-state index >= 15 is 0 Å². The lowest BCUT2D eigenvalue weighted by molar-refractivity contribution is 0.0526. The molecule has 0 atom stereocenters. The third-order valence-corrected chi connectivity index (χ3v) is 4.96. The minimum atomic E-state index is -1.19. The summed E-state index contributed by atoms with van der Waals surface area (Å²) in [6.07, 6.45) is -0.724. The molecule has 2 aromatic heterocycles. The first-order valence-electron chi connectivity index (χ1n) is 7.91. The van der Waals surface area contributed by atoms with E-state index in [0.717, 1.165) is 22.9 Å². The van der Waals surface area contributed by atoms with Gasteiger partial charge in [-0.05, 0) is 51.7 Å². The molecule has 0 fully saturated rings. The number of hydrogen-bond donors (Lipinski definition) is 2. The Morgan fingerprint density at radius 3 is 2.44 bits per heavy atom. The van der Waals surface area contributed by atoms with Crippen molar-refractivity contribution in [1.82, 2.24) is 9.36 Å². The Hall–Kier alpha value is -2.53. The highest BCUT2D eigenvalue weighted by molar-refractivity contribution is 7.20. The predicted molar refractivity (Wildman–Crippen MR) is 101 cm³/mol. The van der Waals surface area contributed by atoms with E-state index < -0.39 is 23.6 Å². The van der Waals surface area contributed by atoms with Gasteiger partial charge in [0.2, 0.25) is 5.01 Å². The zero-order valence-electron chi connectivity index (χ0n) is 15.4. The molecule has 9 nitrogen and oxygen atoms in total. The SMILES string of the molecule is CCOC(=O)c1c(NC(=O)OC(C)(C)C)sc(-c2nsc(C(=O)O)n2)c1C. The first-order valence-corrected chi connectivity index (χ1v) is 9.50. The summed E-state index contributed by atoms with van der Waals surface area (Å²) in [6.45, 7) is 8.64. The molecule has 146 valence electrons. The maximum Gasteiger partial charge on any atom is 0.412 e. The van der Waals surface area contributed by atoms with Crippen LogP contribution < -0.4 is 5.32 Å². The quantitative estimate of drug-likeness (QED) is 0.709. The van der Waals surface area contributed by atoms with Gasteiger partial charge in [0.05, 0.1) is 17.0 Å². The van der Waals surface area contributed by atoms with E-state index in [4.69, 9.17) is 14.6 Å². The summed E-state index contributed by atoms with van der Waals surface area (Å²) in [7, 11) is 0. The van der Waals surface area contributed by atoms with Crippen LogP contribution in [0.5, 0.6) is 0 Å². The van der Waals surface area contributed by atoms with Gasteiger partial charge in [0.25, 0.3) is 0 Å². The number of esters is 1. The van der Waals surface area contributed by atoms with Crippen LogP contribution in [0.2, 0.25) is 0 Å². The normalized spacial score (nSPS) is 11.1. The van der Waals surface area contributed by atoms with Crippen LogP contribution in [0.3, 0.4) is 0 Å². The summed E-state index contributed by atoms with van der Waals surface area (Å²) in [5.41, 5.74) is -0.0653. The van der Waals surface area contributed by atoms with Gasteiger partial charge in [-0.15, -0.1) is 11.3 Å². The molecule has 2 N–H and O–H groups in total. The second-order valence-electron chi connectivity index (χ2n) is 6.34. The molecular weight excluding hydrogens is 394 g/mol. The first-order chi connectivity index (χ1) is 12.5. The monoisotopic (exact) mass is 413 g/mol. The van der Waals surface area contributed by atoms with Crippen LogP contribution in [0.15, 0.2) is 0 Å². The molecule has 1 amide bonds. The molecule has 0 aliphatic rings. The number of amides is 1. The van der Waals surface area contributed by atoms with Crippen molar-refractivity contribution in [2.24, 2.45) is 0 Å². The minimum absolute atomic E-state index is 0.160. The number of aromatic nitrogens is 2. The molecule has 0 aliphatic heterocycles. The lowest BCUT2D eigenvalue weighted by atomic mass is 10.1. The minimum Gasteiger partial charge on any atom is -0.476 e. The Bertz CT molecular complexity index is 881. The number of carbonyl (C=O) groups excluding carboxylic acids is 2. The van der Waals surface area contributed by atoms with Crippen molar-refractivity contribution in [3.8, 4) is 10.7 Å². The zero-order chi connectivity index (χ0) is 20.4. The van der Waals surface area contributed by atoms with Crippen molar-refractivity contribution in [2.45, 2.75) is 40.2 Å². The molecule has 0 aromatic carbocycles. The van der Waals surface area contributed by atoms with E-state index in [1.807, 2.05) is 0 Å². The van der Waals surface area contributed by atoms with Crippen LogP contribution in [0, 0.1) is 6.92 Å². The van der Waals surface area contributed by atoms with E-state index in [-0.39, 0.29) is 28.0 Å². The fourth-order valence-corrected chi connectivity index (χ4v) is 3.75. The van der Waals surface area contributed by atoms with Gasteiger partial charge in [-0.25, -0.2) is 19.4 Å². The summed E-state index contributed by atoms with van der Waals surface area (Å²) in [6, 6.07) is 0. The Morgan fingerprint density at radius 1 is 1.26 bits per heavy atom. The molecule has 2 heterocycles. The standard InChI is InChI=1S/C16H19N3O6S2/c1-6-24-14(22)8-7(2)9(10-17-12(13(20)21)27-19-10)26-11(8)18-15(23)25-16(3,4)5/h6H2,1-5H3,(H,18,23)(H,20,21). The van der Waals surface area contributed by atoms with E-state index in [9.17, 15) is 14.4 Å². The molecule has 2 aromatic rings. The second kappa shape index (κ2) is 8.01. The zero-order valence-corrected chi connectivity index (χ0v) is 17.0. The van der Waals surface area contributed by atoms with E-state index in [2.05, 4.69) is 14.7 Å². The van der Waals surface area contributed by atoms with Crippen LogP contribution >= 0.6 is 22.9 Å². The van der Waals surface area contributed by atoms with Crippen LogP contribution in [-0.2, 0) is 9.47 Å². The summed E-state index contributed by atoms with van der Waals surface area (Å²) >= 11 is 1.78. The highest BCUT2D eigenvalue weighted by Crippen LogP contribution is 2.39. The highest BCUT2D eigenvalue weighted by Gasteiger charge is 2.27. The fraction of sp³-hybridized carbons (Fsp3) is 0.438. The predicted octanol–water partition coefficient (Wildman–Crippen LogP) is 3.80. The van der Waals surface area contributed by atoms with E-state index in [1.54, 1.807) is 34.6 Å². The van der Waals surface area contributed by atoms with Gasteiger partial charge in [0, 0.05) is 0 Å². The number of rotatable bonds is 5. The smallest absolute Gasteiger partial charge is 0.412 e. The summed E-state index contributed by atoms with van der Waals surface area (Å²) in [4.78, 5) is 40.0. The van der Waals surface area contributed by atoms with E-state index in [0.29, 0.717) is 10.4 Å². The molecule has 0 unspecified atom stereocenters. The second-order valence-corrected chi connectivity index (χ2v) is 8.11. The Balaban J connectivity index is 2.46. The largest absolute Gasteiger partial charge is 0.476 e. The molecule has 27 heavy (non-hydrogen) atoms. The number of nitrogens with zero attached hydrogens (tertiary/aromatic N) is 2. The molecule has 0 radical (unpaired) electrons. The van der Waals surface area contributed by atoms with Gasteiger partial charge in [-0.1, -0.05) is 0 Å². The van der Waals surface area contributed by atoms with Crippen LogP contribution in [0.1, 0.15) is 53.4 Å². The number of nitrogens with one attached hydrogen (secondary N) is 1. The third kappa shape index (κ3) is 5.01. The number of carbonyl (C=O) groups is 3. The van der Waals surface area contributed by atoms with Crippen molar-refractivity contribution in [2.75, 3.05) is 11.9 Å². The molecule has 0 saturated carbocycles. The molecule has 0 saturated heterocycles. The number of ether oxygens (including phenoxy) is 2. The van der Waals surface area contributed by atoms with Crippen LogP contribution in [0.25, 0.3) is 10.7 Å². The number of aromatic carboxylic acids is 1. The number of carboxylic acid groups (broad SMARTS) is 1. The third-order valence-electron chi connectivity index (χ3n) is 3.05. The van der Waals surface area contributed by atoms with Crippen molar-refractivity contribution in [3.05, 3.63) is 16.1 Å². The summed E-state index contributed by atoms with van der Waals surface area (Å²) < 4.78 is 14.3. The Morgan fingerprint density at radius 2 is 1.93 bits per heavy atom. The van der Waals surface area contributed by atoms with Gasteiger partial charge >= 0.3 is 18.0 Å². The van der Waals surface area contributed by atoms with Crippen molar-refractivity contribution >= 4 is 45.9 Å². The Kier molecular flexibility index (Phi) is 6.16. The van der Waals surface area contributed by atoms with Crippen molar-refractivity contribution < 1.29 is 29.0 Å². The molecule has 0 spiro atoms. The number of thiophene rings is 1. The lowest BCUT2D eigenvalue weighted by Crippen LogP contribution is -2.27. The molecule has 2 rings (SSSR count). The number of anilines is 1. The number of hydrogen-bond acceptors (Lipinski definition) is 9. The maximum absolute atomic E-state index is 12.4. The lowest BCUT2D eigenvalue weighted by Gasteiger charge is -2.19. The van der Waals surface area contributed by atoms with Crippen LogP contribution in [-0.4, -0.2) is 44.7 Å². The molecule has 11 heteroatoms.